The zero-order chi connectivity index (χ0) is 18.5. The molecule has 0 amide bonds. The second-order valence-electron chi connectivity index (χ2n) is 7.57. The Morgan fingerprint density at radius 2 is 1.92 bits per heavy atom. The van der Waals surface area contributed by atoms with E-state index >= 15 is 0 Å². The van der Waals surface area contributed by atoms with Crippen molar-refractivity contribution in [1.29, 1.82) is 0 Å². The molecular formula is C18H27N5O2S. The highest BCUT2D eigenvalue weighted by Crippen LogP contribution is 2.32. The molecule has 1 fully saturated rings. The maximum Gasteiger partial charge on any atom is 0.262 e. The first kappa shape index (κ1) is 17.7. The van der Waals surface area contributed by atoms with Crippen molar-refractivity contribution >= 4 is 10.0 Å². The summed E-state index contributed by atoms with van der Waals surface area (Å²) in [6, 6.07) is 0.0429. The van der Waals surface area contributed by atoms with Gasteiger partial charge in [0, 0.05) is 32.0 Å². The largest absolute Gasteiger partial charge is 0.337 e. The van der Waals surface area contributed by atoms with Gasteiger partial charge in [0.25, 0.3) is 10.0 Å². The lowest BCUT2D eigenvalue weighted by Crippen LogP contribution is -2.38. The summed E-state index contributed by atoms with van der Waals surface area (Å²) in [7, 11) is 0.148. The highest BCUT2D eigenvalue weighted by Gasteiger charge is 2.36. The van der Waals surface area contributed by atoms with Crippen molar-refractivity contribution in [3.05, 3.63) is 29.0 Å². The van der Waals surface area contributed by atoms with E-state index in [9.17, 15) is 8.42 Å². The number of rotatable bonds is 5. The molecule has 0 aliphatic heterocycles. The second-order valence-corrected chi connectivity index (χ2v) is 9.41. The van der Waals surface area contributed by atoms with E-state index in [4.69, 9.17) is 0 Å². The maximum atomic E-state index is 13.4. The second kappa shape index (κ2) is 6.49. The molecule has 2 aliphatic rings. The molecule has 0 saturated heterocycles. The molecule has 26 heavy (non-hydrogen) atoms. The Morgan fingerprint density at radius 3 is 2.58 bits per heavy atom. The quantitative estimate of drug-likeness (QED) is 0.800. The van der Waals surface area contributed by atoms with Gasteiger partial charge in [0.1, 0.15) is 5.82 Å². The lowest BCUT2D eigenvalue weighted by atomic mass is 10.2. The molecular weight excluding hydrogens is 350 g/mol. The molecule has 0 radical (unpaired) electrons. The van der Waals surface area contributed by atoms with E-state index in [0.717, 1.165) is 50.6 Å². The Hall–Kier alpha value is -1.67. The molecule has 0 bridgehead atoms. The highest BCUT2D eigenvalue weighted by molar-refractivity contribution is 7.89. The van der Waals surface area contributed by atoms with Crippen molar-refractivity contribution in [2.75, 3.05) is 0 Å². The molecule has 142 valence electrons. The van der Waals surface area contributed by atoms with Crippen molar-refractivity contribution in [1.82, 2.24) is 23.6 Å². The van der Waals surface area contributed by atoms with Gasteiger partial charge in [-0.2, -0.15) is 9.40 Å². The molecule has 0 N–H and O–H groups in total. The van der Waals surface area contributed by atoms with Crippen LogP contribution in [0.15, 0.2) is 11.2 Å². The fourth-order valence-electron chi connectivity index (χ4n) is 4.35. The number of nitrogens with zero attached hydrogens (tertiary/aromatic N) is 5. The van der Waals surface area contributed by atoms with Gasteiger partial charge in [-0.15, -0.1) is 0 Å². The number of hydrogen-bond acceptors (Lipinski definition) is 4. The molecule has 7 nitrogen and oxygen atoms in total. The van der Waals surface area contributed by atoms with Crippen LogP contribution in [0.5, 0.6) is 0 Å². The smallest absolute Gasteiger partial charge is 0.262 e. The van der Waals surface area contributed by atoms with E-state index < -0.39 is 10.0 Å². The van der Waals surface area contributed by atoms with Gasteiger partial charge in [0.2, 0.25) is 0 Å². The summed E-state index contributed by atoms with van der Waals surface area (Å²) in [5, 5.41) is 4.81. The lowest BCUT2D eigenvalue weighted by Gasteiger charge is -2.26. The molecule has 2 heterocycles. The van der Waals surface area contributed by atoms with Crippen LogP contribution in [-0.2, 0) is 43.5 Å². The maximum absolute atomic E-state index is 13.4. The summed E-state index contributed by atoms with van der Waals surface area (Å²) in [4.78, 5) is 4.30. The van der Waals surface area contributed by atoms with Crippen molar-refractivity contribution in [3.8, 4) is 0 Å². The standard InChI is InChI=1S/C18H27N5O2S/c1-13-19-18(12-21(13)2)26(24,25)23(14-7-4-5-8-14)11-16-15-9-6-10-17(15)22(3)20-16/h12,14H,4-11H2,1-3H3. The Kier molecular flexibility index (Phi) is 4.43. The van der Waals surface area contributed by atoms with Gasteiger partial charge in [-0.1, -0.05) is 12.8 Å². The fraction of sp³-hybridized carbons (Fsp3) is 0.667. The Morgan fingerprint density at radius 1 is 1.19 bits per heavy atom. The lowest BCUT2D eigenvalue weighted by molar-refractivity contribution is 0.310. The first-order chi connectivity index (χ1) is 12.4. The monoisotopic (exact) mass is 377 g/mol. The fourth-order valence-corrected chi connectivity index (χ4v) is 6.02. The number of imidazole rings is 1. The average Bonchev–Trinajstić information content (AvgIpc) is 3.35. The Labute approximate surface area is 155 Å². The van der Waals surface area contributed by atoms with Crippen molar-refractivity contribution in [3.63, 3.8) is 0 Å². The van der Waals surface area contributed by atoms with E-state index in [1.54, 1.807) is 15.1 Å². The molecule has 2 aromatic heterocycles. The molecule has 2 aliphatic carbocycles. The van der Waals surface area contributed by atoms with Gasteiger partial charge in [-0.25, -0.2) is 13.4 Å². The van der Waals surface area contributed by atoms with Gasteiger partial charge in [0.05, 0.1) is 12.2 Å². The predicted octanol–water partition coefficient (Wildman–Crippen LogP) is 2.08. The van der Waals surface area contributed by atoms with Crippen molar-refractivity contribution in [2.45, 2.75) is 69.5 Å². The number of aromatic nitrogens is 4. The Balaban J connectivity index is 1.72. The van der Waals surface area contributed by atoms with Crippen molar-refractivity contribution in [2.24, 2.45) is 14.1 Å². The normalized spacial score (nSPS) is 18.2. The minimum Gasteiger partial charge on any atom is -0.337 e. The molecule has 8 heteroatoms. The number of sulfonamides is 1. The summed E-state index contributed by atoms with van der Waals surface area (Å²) >= 11 is 0. The summed E-state index contributed by atoms with van der Waals surface area (Å²) in [5.41, 5.74) is 3.43. The molecule has 0 spiro atoms. The van der Waals surface area contributed by atoms with E-state index in [-0.39, 0.29) is 11.1 Å². The van der Waals surface area contributed by atoms with Crippen LogP contribution in [0, 0.1) is 6.92 Å². The van der Waals surface area contributed by atoms with Gasteiger partial charge in [-0.05, 0) is 44.6 Å². The van der Waals surface area contributed by atoms with E-state index in [1.165, 1.54) is 11.3 Å². The first-order valence-corrected chi connectivity index (χ1v) is 10.9. The van der Waals surface area contributed by atoms with Crippen LogP contribution >= 0.6 is 0 Å². The van der Waals surface area contributed by atoms with Crippen LogP contribution in [0.25, 0.3) is 0 Å². The van der Waals surface area contributed by atoms with E-state index in [0.29, 0.717) is 12.4 Å². The van der Waals surface area contributed by atoms with E-state index in [2.05, 4.69) is 10.1 Å². The number of hydrogen-bond donors (Lipinski definition) is 0. The molecule has 0 unspecified atom stereocenters. The molecule has 4 rings (SSSR count). The van der Waals surface area contributed by atoms with E-state index in [1.807, 2.05) is 25.7 Å². The molecule has 1 saturated carbocycles. The number of aryl methyl sites for hydroxylation is 3. The van der Waals surface area contributed by atoms with Crippen LogP contribution in [-0.4, -0.2) is 38.1 Å². The van der Waals surface area contributed by atoms with Crippen LogP contribution in [0.4, 0.5) is 0 Å². The third-order valence-electron chi connectivity index (χ3n) is 5.90. The zero-order valence-corrected chi connectivity index (χ0v) is 16.6. The van der Waals surface area contributed by atoms with Crippen LogP contribution in [0.1, 0.15) is 54.9 Å². The van der Waals surface area contributed by atoms with Crippen LogP contribution in [0.2, 0.25) is 0 Å². The zero-order valence-electron chi connectivity index (χ0n) is 15.8. The van der Waals surface area contributed by atoms with Crippen LogP contribution in [0.3, 0.4) is 0 Å². The van der Waals surface area contributed by atoms with Crippen LogP contribution < -0.4 is 0 Å². The third-order valence-corrected chi connectivity index (χ3v) is 7.67. The third kappa shape index (κ3) is 2.89. The average molecular weight is 378 g/mol. The van der Waals surface area contributed by atoms with Gasteiger partial charge < -0.3 is 4.57 Å². The minimum absolute atomic E-state index is 0.0429. The highest BCUT2D eigenvalue weighted by atomic mass is 32.2. The topological polar surface area (TPSA) is 73.0 Å². The minimum atomic E-state index is -3.64. The molecule has 0 aromatic carbocycles. The summed E-state index contributed by atoms with van der Waals surface area (Å²) in [5.74, 6) is 0.702. The summed E-state index contributed by atoms with van der Waals surface area (Å²) in [6.07, 6.45) is 8.78. The summed E-state index contributed by atoms with van der Waals surface area (Å²) < 4.78 is 32.2. The molecule has 2 aromatic rings. The summed E-state index contributed by atoms with van der Waals surface area (Å²) in [6.45, 7) is 2.18. The van der Waals surface area contributed by atoms with Gasteiger partial charge in [-0.3, -0.25) is 4.68 Å². The number of fused-ring (bicyclic) bond motifs is 1. The molecule has 0 atom stereocenters. The first-order valence-electron chi connectivity index (χ1n) is 9.43. The Bertz CT molecular complexity index is 902. The predicted molar refractivity (Wildman–Crippen MR) is 98.2 cm³/mol. The van der Waals surface area contributed by atoms with Crippen molar-refractivity contribution < 1.29 is 8.42 Å². The van der Waals surface area contributed by atoms with Gasteiger partial charge in [0.15, 0.2) is 5.03 Å². The van der Waals surface area contributed by atoms with Gasteiger partial charge >= 0.3 is 0 Å². The SMILES string of the molecule is Cc1nc(S(=O)(=O)N(Cc2nn(C)c3c2CCC3)C2CCCC2)cn1C.